The van der Waals surface area contributed by atoms with Gasteiger partial charge in [0.15, 0.2) is 0 Å². The monoisotopic (exact) mass is 287 g/mol. The summed E-state index contributed by atoms with van der Waals surface area (Å²) in [6, 6.07) is 5.39. The Labute approximate surface area is 117 Å². The van der Waals surface area contributed by atoms with Gasteiger partial charge >= 0.3 is 5.97 Å². The Morgan fingerprint density at radius 1 is 1.42 bits per heavy atom. The summed E-state index contributed by atoms with van der Waals surface area (Å²) in [7, 11) is 1.56. The van der Waals surface area contributed by atoms with Crippen molar-refractivity contribution in [3.8, 4) is 5.75 Å². The number of nitrogens with one attached hydrogen (secondary N) is 1. The molecule has 1 N–H and O–H groups in total. The highest BCUT2D eigenvalue weighted by molar-refractivity contribution is 6.32. The van der Waals surface area contributed by atoms with Gasteiger partial charge < -0.3 is 19.5 Å². The molecule has 0 heterocycles. The van der Waals surface area contributed by atoms with Gasteiger partial charge in [0, 0.05) is 18.3 Å². The predicted octanol–water partition coefficient (Wildman–Crippen LogP) is 2.34. The van der Waals surface area contributed by atoms with E-state index in [9.17, 15) is 4.79 Å². The Bertz CT molecular complexity index is 412. The van der Waals surface area contributed by atoms with Crippen molar-refractivity contribution in [3.05, 3.63) is 23.2 Å². The fourth-order valence-electron chi connectivity index (χ4n) is 1.40. The van der Waals surface area contributed by atoms with Crippen molar-refractivity contribution in [1.82, 2.24) is 0 Å². The molecule has 0 aliphatic rings. The average Bonchev–Trinajstić information content (AvgIpc) is 2.40. The van der Waals surface area contributed by atoms with Crippen LogP contribution in [0.3, 0.4) is 0 Å². The second-order valence-corrected chi connectivity index (χ2v) is 4.04. The van der Waals surface area contributed by atoms with Crippen molar-refractivity contribution in [3.63, 3.8) is 0 Å². The molecule has 0 saturated heterocycles. The third-order valence-corrected chi connectivity index (χ3v) is 2.56. The zero-order valence-electron chi connectivity index (χ0n) is 11.1. The van der Waals surface area contributed by atoms with Crippen molar-refractivity contribution in [1.29, 1.82) is 0 Å². The SMILES string of the molecule is CCOC(=O)COCCNc1ccc(Cl)c(OC)c1. The molecule has 0 unspecified atom stereocenters. The number of anilines is 1. The van der Waals surface area contributed by atoms with Crippen LogP contribution < -0.4 is 10.1 Å². The molecule has 1 rings (SSSR count). The summed E-state index contributed by atoms with van der Waals surface area (Å²) in [5, 5.41) is 3.70. The van der Waals surface area contributed by atoms with E-state index >= 15 is 0 Å². The lowest BCUT2D eigenvalue weighted by Gasteiger charge is -2.09. The zero-order chi connectivity index (χ0) is 14.1. The minimum Gasteiger partial charge on any atom is -0.495 e. The second-order valence-electron chi connectivity index (χ2n) is 3.63. The first-order valence-corrected chi connectivity index (χ1v) is 6.36. The fraction of sp³-hybridized carbons (Fsp3) is 0.462. The van der Waals surface area contributed by atoms with Gasteiger partial charge in [-0.3, -0.25) is 0 Å². The number of methoxy groups -OCH3 is 1. The highest BCUT2D eigenvalue weighted by Gasteiger charge is 2.02. The standard InChI is InChI=1S/C13H18ClNO4/c1-3-19-13(16)9-18-7-6-15-10-4-5-11(14)12(8-10)17-2/h4-5,8,15H,3,6-7,9H2,1-2H3. The molecule has 1 aromatic rings. The highest BCUT2D eigenvalue weighted by Crippen LogP contribution is 2.27. The molecular weight excluding hydrogens is 270 g/mol. The maximum Gasteiger partial charge on any atom is 0.332 e. The van der Waals surface area contributed by atoms with E-state index < -0.39 is 0 Å². The first-order chi connectivity index (χ1) is 9.17. The van der Waals surface area contributed by atoms with E-state index in [4.69, 9.17) is 25.8 Å². The maximum absolute atomic E-state index is 11.0. The molecule has 106 valence electrons. The molecular formula is C13H18ClNO4. The Morgan fingerprint density at radius 2 is 2.21 bits per heavy atom. The van der Waals surface area contributed by atoms with Gasteiger partial charge in [-0.25, -0.2) is 4.79 Å². The summed E-state index contributed by atoms with van der Waals surface area (Å²) >= 11 is 5.92. The van der Waals surface area contributed by atoms with Crippen LogP contribution in [0, 0.1) is 0 Å². The summed E-state index contributed by atoms with van der Waals surface area (Å²) in [5.41, 5.74) is 0.876. The van der Waals surface area contributed by atoms with Gasteiger partial charge in [-0.2, -0.15) is 0 Å². The van der Waals surface area contributed by atoms with Gasteiger partial charge in [-0.05, 0) is 19.1 Å². The zero-order valence-corrected chi connectivity index (χ0v) is 11.8. The lowest BCUT2D eigenvalue weighted by molar-refractivity contribution is -0.148. The van der Waals surface area contributed by atoms with Crippen LogP contribution in [0.2, 0.25) is 5.02 Å². The number of carbonyl (C=O) groups excluding carboxylic acids is 1. The number of rotatable bonds is 8. The van der Waals surface area contributed by atoms with Gasteiger partial charge in [0.2, 0.25) is 0 Å². The Kier molecular flexibility index (Phi) is 7.07. The van der Waals surface area contributed by atoms with Gasteiger partial charge in [0.05, 0.1) is 25.3 Å². The van der Waals surface area contributed by atoms with E-state index in [1.165, 1.54) is 0 Å². The van der Waals surface area contributed by atoms with E-state index in [0.717, 1.165) is 5.69 Å². The summed E-state index contributed by atoms with van der Waals surface area (Å²) in [5.74, 6) is 0.259. The van der Waals surface area contributed by atoms with Gasteiger partial charge in [-0.1, -0.05) is 11.6 Å². The molecule has 19 heavy (non-hydrogen) atoms. The molecule has 0 spiro atoms. The number of carbonyl (C=O) groups is 1. The largest absolute Gasteiger partial charge is 0.495 e. The first-order valence-electron chi connectivity index (χ1n) is 5.98. The van der Waals surface area contributed by atoms with Crippen molar-refractivity contribution in [2.75, 3.05) is 38.8 Å². The first kappa shape index (κ1) is 15.6. The maximum atomic E-state index is 11.0. The molecule has 0 radical (unpaired) electrons. The molecule has 0 atom stereocenters. The van der Waals surface area contributed by atoms with Crippen LogP contribution in [0.25, 0.3) is 0 Å². The summed E-state index contributed by atoms with van der Waals surface area (Å²) < 4.78 is 15.0. The van der Waals surface area contributed by atoms with Crippen LogP contribution in [0.1, 0.15) is 6.92 Å². The molecule has 0 saturated carbocycles. The minimum absolute atomic E-state index is 0.0283. The quantitative estimate of drug-likeness (QED) is 0.587. The summed E-state index contributed by atoms with van der Waals surface area (Å²) in [6.45, 7) is 3.08. The lowest BCUT2D eigenvalue weighted by atomic mass is 10.3. The van der Waals surface area contributed by atoms with Crippen LogP contribution >= 0.6 is 11.6 Å². The highest BCUT2D eigenvalue weighted by atomic mass is 35.5. The van der Waals surface area contributed by atoms with Crippen molar-refractivity contribution >= 4 is 23.3 Å². The molecule has 1 aromatic carbocycles. The van der Waals surface area contributed by atoms with Crippen molar-refractivity contribution in [2.24, 2.45) is 0 Å². The summed E-state index contributed by atoms with van der Waals surface area (Å²) in [6.07, 6.45) is 0. The smallest absolute Gasteiger partial charge is 0.332 e. The molecule has 5 nitrogen and oxygen atoms in total. The van der Waals surface area contributed by atoms with Crippen molar-refractivity contribution in [2.45, 2.75) is 6.92 Å². The minimum atomic E-state index is -0.351. The van der Waals surface area contributed by atoms with Crippen LogP contribution in [-0.4, -0.2) is 39.4 Å². The van der Waals surface area contributed by atoms with Crippen LogP contribution in [0.15, 0.2) is 18.2 Å². The molecule has 0 aromatic heterocycles. The molecule has 0 aliphatic carbocycles. The van der Waals surface area contributed by atoms with Crippen LogP contribution in [0.4, 0.5) is 5.69 Å². The molecule has 0 aliphatic heterocycles. The third kappa shape index (κ3) is 5.81. The number of ether oxygens (including phenoxy) is 3. The average molecular weight is 288 g/mol. The number of hydrogen-bond acceptors (Lipinski definition) is 5. The number of hydrogen-bond donors (Lipinski definition) is 1. The van der Waals surface area contributed by atoms with Gasteiger partial charge in [0.1, 0.15) is 12.4 Å². The molecule has 0 amide bonds. The number of benzene rings is 1. The lowest BCUT2D eigenvalue weighted by Crippen LogP contribution is -2.16. The second kappa shape index (κ2) is 8.61. The van der Waals surface area contributed by atoms with Gasteiger partial charge in [-0.15, -0.1) is 0 Å². The van der Waals surface area contributed by atoms with Crippen LogP contribution in [0.5, 0.6) is 5.75 Å². The van der Waals surface area contributed by atoms with E-state index in [1.54, 1.807) is 26.2 Å². The predicted molar refractivity (Wildman–Crippen MR) is 73.9 cm³/mol. The molecule has 0 fully saturated rings. The fourth-order valence-corrected chi connectivity index (χ4v) is 1.59. The molecule has 0 bridgehead atoms. The summed E-state index contributed by atoms with van der Waals surface area (Å²) in [4.78, 5) is 11.0. The van der Waals surface area contributed by atoms with Crippen molar-refractivity contribution < 1.29 is 19.0 Å². The Hall–Kier alpha value is -1.46. The van der Waals surface area contributed by atoms with E-state index in [1.807, 2.05) is 6.07 Å². The normalized spacial score (nSPS) is 10.1. The van der Waals surface area contributed by atoms with Crippen LogP contribution in [-0.2, 0) is 14.3 Å². The Balaban J connectivity index is 2.24. The third-order valence-electron chi connectivity index (χ3n) is 2.25. The van der Waals surface area contributed by atoms with E-state index in [-0.39, 0.29) is 12.6 Å². The van der Waals surface area contributed by atoms with E-state index in [0.29, 0.717) is 30.5 Å². The number of halogens is 1. The van der Waals surface area contributed by atoms with E-state index in [2.05, 4.69) is 5.32 Å². The molecule has 6 heteroatoms. The topological polar surface area (TPSA) is 56.8 Å². The Morgan fingerprint density at radius 3 is 2.89 bits per heavy atom. The number of esters is 1. The van der Waals surface area contributed by atoms with Gasteiger partial charge in [0.25, 0.3) is 0 Å².